The molecule has 17 heavy (non-hydrogen) atoms. The molecule has 6 nitrogen and oxygen atoms in total. The summed E-state index contributed by atoms with van der Waals surface area (Å²) in [5.74, 6) is -0.673. The van der Waals surface area contributed by atoms with E-state index in [1.54, 1.807) is 0 Å². The lowest BCUT2D eigenvalue weighted by Gasteiger charge is -2.09. The first-order valence-corrected chi connectivity index (χ1v) is 6.53. The Morgan fingerprint density at radius 3 is 2.65 bits per heavy atom. The topological polar surface area (TPSA) is 98.5 Å². The Kier molecular flexibility index (Phi) is 3.95. The first kappa shape index (κ1) is 13.3. The molecular formula is C10H14N2O4S. The third-order valence-corrected chi connectivity index (χ3v) is 3.35. The molecule has 0 spiro atoms. The van der Waals surface area contributed by atoms with Gasteiger partial charge in [0.2, 0.25) is 10.0 Å². The van der Waals surface area contributed by atoms with Gasteiger partial charge in [-0.05, 0) is 19.1 Å². The monoisotopic (exact) mass is 258 g/mol. The molecule has 0 heterocycles. The van der Waals surface area contributed by atoms with E-state index in [2.05, 4.69) is 0 Å². The number of hydrogen-bond acceptors (Lipinski definition) is 5. The molecule has 0 fully saturated rings. The lowest BCUT2D eigenvalue weighted by atomic mass is 10.2. The Bertz CT molecular complexity index is 525. The van der Waals surface area contributed by atoms with E-state index in [9.17, 15) is 13.2 Å². The van der Waals surface area contributed by atoms with E-state index >= 15 is 0 Å². The number of anilines is 1. The molecule has 3 N–H and O–H groups in total. The van der Waals surface area contributed by atoms with Crippen LogP contribution in [-0.4, -0.2) is 27.2 Å². The second-order valence-electron chi connectivity index (χ2n) is 3.29. The summed E-state index contributed by atoms with van der Waals surface area (Å²) < 4.78 is 29.4. The van der Waals surface area contributed by atoms with E-state index in [0.717, 1.165) is 0 Å². The molecule has 7 heteroatoms. The van der Waals surface area contributed by atoms with Gasteiger partial charge in [0.15, 0.2) is 0 Å². The summed E-state index contributed by atoms with van der Waals surface area (Å²) in [5.41, 5.74) is 6.08. The summed E-state index contributed by atoms with van der Waals surface area (Å²) in [4.78, 5) is 11.7. The third kappa shape index (κ3) is 3.35. The van der Waals surface area contributed by atoms with Crippen molar-refractivity contribution < 1.29 is 17.9 Å². The Hall–Kier alpha value is -1.76. The quantitative estimate of drug-likeness (QED) is 0.760. The maximum Gasteiger partial charge on any atom is 0.268 e. The molecule has 0 saturated heterocycles. The number of nitrogen functional groups attached to an aromatic ring is 1. The fraction of sp³-hybridized carbons (Fsp3) is 0.300. The Labute approximate surface area is 99.8 Å². The van der Waals surface area contributed by atoms with Crippen LogP contribution in [0.3, 0.4) is 0 Å². The minimum absolute atomic E-state index is 0.124. The predicted molar refractivity (Wildman–Crippen MR) is 64.3 cm³/mol. The molecule has 0 bridgehead atoms. The van der Waals surface area contributed by atoms with Crippen LogP contribution in [0.1, 0.15) is 17.3 Å². The number of carbonyl (C=O) groups excluding carboxylic acids is 1. The van der Waals surface area contributed by atoms with Gasteiger partial charge < -0.3 is 10.5 Å². The third-order valence-electron chi connectivity index (χ3n) is 2.10. The van der Waals surface area contributed by atoms with Gasteiger partial charge in [-0.25, -0.2) is 13.1 Å². The number of hydrogen-bond donors (Lipinski definition) is 2. The molecular weight excluding hydrogens is 244 g/mol. The maximum atomic E-state index is 11.7. The van der Waals surface area contributed by atoms with Gasteiger partial charge in [-0.3, -0.25) is 4.79 Å². The molecule has 0 aliphatic rings. The van der Waals surface area contributed by atoms with Crippen LogP contribution in [0, 0.1) is 0 Å². The number of sulfonamides is 1. The molecule has 1 amide bonds. The minimum Gasteiger partial charge on any atom is -0.496 e. The van der Waals surface area contributed by atoms with Crippen LogP contribution >= 0.6 is 0 Å². The molecule has 0 unspecified atom stereocenters. The van der Waals surface area contributed by atoms with Crippen molar-refractivity contribution in [3.05, 3.63) is 23.8 Å². The van der Waals surface area contributed by atoms with Crippen molar-refractivity contribution in [1.29, 1.82) is 0 Å². The van der Waals surface area contributed by atoms with Crippen molar-refractivity contribution in [2.75, 3.05) is 18.6 Å². The average Bonchev–Trinajstić information content (AvgIpc) is 2.28. The average molecular weight is 258 g/mol. The molecule has 1 aromatic rings. The summed E-state index contributed by atoms with van der Waals surface area (Å²) in [6.07, 6.45) is 0. The first-order chi connectivity index (χ1) is 7.89. The van der Waals surface area contributed by atoms with Crippen LogP contribution in [0.2, 0.25) is 0 Å². The number of amides is 1. The fourth-order valence-corrected chi connectivity index (χ4v) is 1.70. The second kappa shape index (κ2) is 5.05. The lowest BCUT2D eigenvalue weighted by Crippen LogP contribution is -2.32. The highest BCUT2D eigenvalue weighted by Gasteiger charge is 2.17. The van der Waals surface area contributed by atoms with Crippen molar-refractivity contribution in [3.63, 3.8) is 0 Å². The number of ether oxygens (including phenoxy) is 1. The largest absolute Gasteiger partial charge is 0.496 e. The van der Waals surface area contributed by atoms with E-state index in [1.165, 1.54) is 32.2 Å². The molecule has 1 rings (SSSR count). The number of benzene rings is 1. The molecule has 0 aliphatic heterocycles. The smallest absolute Gasteiger partial charge is 0.268 e. The molecule has 0 aromatic heterocycles. The van der Waals surface area contributed by atoms with Crippen LogP contribution in [0.4, 0.5) is 5.69 Å². The highest BCUT2D eigenvalue weighted by molar-refractivity contribution is 7.90. The van der Waals surface area contributed by atoms with Gasteiger partial charge in [0.1, 0.15) is 5.75 Å². The van der Waals surface area contributed by atoms with Crippen LogP contribution in [0.25, 0.3) is 0 Å². The Morgan fingerprint density at radius 1 is 1.47 bits per heavy atom. The second-order valence-corrected chi connectivity index (χ2v) is 5.31. The summed E-state index contributed by atoms with van der Waals surface area (Å²) in [6, 6.07) is 4.36. The van der Waals surface area contributed by atoms with Crippen LogP contribution in [0.15, 0.2) is 18.2 Å². The zero-order valence-electron chi connectivity index (χ0n) is 9.56. The Morgan fingerprint density at radius 2 is 2.12 bits per heavy atom. The van der Waals surface area contributed by atoms with Gasteiger partial charge in [-0.2, -0.15) is 0 Å². The highest BCUT2D eigenvalue weighted by Crippen LogP contribution is 2.21. The van der Waals surface area contributed by atoms with Crippen LogP contribution in [-0.2, 0) is 10.0 Å². The molecule has 0 radical (unpaired) electrons. The Balaban J connectivity index is 3.05. The van der Waals surface area contributed by atoms with Crippen molar-refractivity contribution in [1.82, 2.24) is 4.72 Å². The van der Waals surface area contributed by atoms with Crippen LogP contribution < -0.4 is 15.2 Å². The zero-order chi connectivity index (χ0) is 13.1. The summed E-state index contributed by atoms with van der Waals surface area (Å²) in [7, 11) is -2.21. The number of nitrogens with one attached hydrogen (secondary N) is 1. The molecule has 1 aromatic carbocycles. The molecule has 0 atom stereocenters. The summed E-state index contributed by atoms with van der Waals surface area (Å²) in [5, 5.41) is 0. The summed E-state index contributed by atoms with van der Waals surface area (Å²) >= 11 is 0. The molecule has 0 aliphatic carbocycles. The molecule has 0 saturated carbocycles. The van der Waals surface area contributed by atoms with Gasteiger partial charge >= 0.3 is 0 Å². The van der Waals surface area contributed by atoms with Gasteiger partial charge in [0.25, 0.3) is 5.91 Å². The number of rotatable bonds is 4. The number of methoxy groups -OCH3 is 1. The number of carbonyl (C=O) groups is 1. The van der Waals surface area contributed by atoms with E-state index in [0.29, 0.717) is 5.69 Å². The lowest BCUT2D eigenvalue weighted by molar-refractivity contribution is 0.0978. The zero-order valence-corrected chi connectivity index (χ0v) is 10.4. The van der Waals surface area contributed by atoms with E-state index < -0.39 is 15.9 Å². The van der Waals surface area contributed by atoms with E-state index in [4.69, 9.17) is 10.5 Å². The maximum absolute atomic E-state index is 11.7. The minimum atomic E-state index is -3.59. The standard InChI is InChI=1S/C10H14N2O4S/c1-3-17(14,15)12-10(13)8-5-4-7(11)6-9(8)16-2/h4-6H,3,11H2,1-2H3,(H,12,13). The van der Waals surface area contributed by atoms with Crippen molar-refractivity contribution in [2.45, 2.75) is 6.92 Å². The van der Waals surface area contributed by atoms with Gasteiger partial charge in [0, 0.05) is 11.8 Å². The van der Waals surface area contributed by atoms with Crippen LogP contribution in [0.5, 0.6) is 5.75 Å². The first-order valence-electron chi connectivity index (χ1n) is 4.88. The highest BCUT2D eigenvalue weighted by atomic mass is 32.2. The van der Waals surface area contributed by atoms with Crippen molar-refractivity contribution in [3.8, 4) is 5.75 Å². The van der Waals surface area contributed by atoms with E-state index in [-0.39, 0.29) is 17.1 Å². The predicted octanol–water partition coefficient (Wildman–Crippen LogP) is 0.357. The van der Waals surface area contributed by atoms with E-state index in [1.807, 2.05) is 4.72 Å². The normalized spacial score (nSPS) is 10.9. The van der Waals surface area contributed by atoms with Crippen molar-refractivity contribution >= 4 is 21.6 Å². The SMILES string of the molecule is CCS(=O)(=O)NC(=O)c1ccc(N)cc1OC. The fourth-order valence-electron chi connectivity index (χ4n) is 1.16. The summed E-state index contributed by atoms with van der Waals surface area (Å²) in [6.45, 7) is 1.44. The van der Waals surface area contributed by atoms with Gasteiger partial charge in [0.05, 0.1) is 18.4 Å². The van der Waals surface area contributed by atoms with Crippen molar-refractivity contribution in [2.24, 2.45) is 0 Å². The number of nitrogens with two attached hydrogens (primary N) is 1. The van der Waals surface area contributed by atoms with Gasteiger partial charge in [-0.1, -0.05) is 0 Å². The van der Waals surface area contributed by atoms with Gasteiger partial charge in [-0.15, -0.1) is 0 Å². The molecule has 94 valence electrons.